The Bertz CT molecular complexity index is 829. The van der Waals surface area contributed by atoms with Crippen LogP contribution in [0.1, 0.15) is 40.6 Å². The summed E-state index contributed by atoms with van der Waals surface area (Å²) in [6.45, 7) is 5.08. The van der Waals surface area contributed by atoms with Crippen LogP contribution in [0, 0.1) is 17.0 Å². The third kappa shape index (κ3) is 3.79. The second kappa shape index (κ2) is 7.51. The van der Waals surface area contributed by atoms with Gasteiger partial charge in [-0.05, 0) is 32.4 Å². The van der Waals surface area contributed by atoms with Gasteiger partial charge in [-0.1, -0.05) is 6.07 Å². The fourth-order valence-electron chi connectivity index (χ4n) is 2.05. The second-order valence-electron chi connectivity index (χ2n) is 4.86. The van der Waals surface area contributed by atoms with Gasteiger partial charge in [-0.3, -0.25) is 10.1 Å². The number of nitrogens with zero attached hydrogens (tertiary/aromatic N) is 4. The molecule has 0 amide bonds. The number of esters is 2. The molecule has 0 spiro atoms. The predicted octanol–water partition coefficient (Wildman–Crippen LogP) is 1.84. The molecule has 1 aromatic heterocycles. The lowest BCUT2D eigenvalue weighted by molar-refractivity contribution is -0.384. The molecule has 0 aliphatic rings. The molecule has 0 bridgehead atoms. The Morgan fingerprint density at radius 2 is 1.84 bits per heavy atom. The number of rotatable bonds is 6. The van der Waals surface area contributed by atoms with E-state index >= 15 is 0 Å². The molecule has 1 heterocycles. The highest BCUT2D eigenvalue weighted by atomic mass is 16.6. The molecule has 132 valence electrons. The summed E-state index contributed by atoms with van der Waals surface area (Å²) in [5.74, 6) is -2.44. The molecular weight excluding hydrogens is 332 g/mol. The molecule has 0 atom stereocenters. The van der Waals surface area contributed by atoms with Crippen molar-refractivity contribution in [3.8, 4) is 5.69 Å². The Morgan fingerprint density at radius 3 is 2.44 bits per heavy atom. The Labute approximate surface area is 142 Å². The molecule has 2 rings (SSSR count). The van der Waals surface area contributed by atoms with Gasteiger partial charge in [-0.25, -0.2) is 9.59 Å². The Morgan fingerprint density at radius 1 is 1.20 bits per heavy atom. The summed E-state index contributed by atoms with van der Waals surface area (Å²) in [5, 5.41) is 15.2. The van der Waals surface area contributed by atoms with Gasteiger partial charge in [-0.15, -0.1) is 5.10 Å². The van der Waals surface area contributed by atoms with Gasteiger partial charge in [0.15, 0.2) is 0 Å². The summed E-state index contributed by atoms with van der Waals surface area (Å²) in [5.41, 5.74) is 0.399. The number of hydrogen-bond donors (Lipinski definition) is 0. The first kappa shape index (κ1) is 18.0. The standard InChI is InChI=1S/C15H16N4O6/c1-4-24-14(20)12-16-13(15(21)25-5-2)18(17-12)11-8-9(3)6-7-10(11)19(22)23/h6-8H,4-5H2,1-3H3. The molecule has 0 fully saturated rings. The van der Waals surface area contributed by atoms with Crippen molar-refractivity contribution in [1.82, 2.24) is 14.8 Å². The normalized spacial score (nSPS) is 10.4. The van der Waals surface area contributed by atoms with Crippen molar-refractivity contribution in [3.05, 3.63) is 45.5 Å². The first-order valence-electron chi connectivity index (χ1n) is 7.45. The van der Waals surface area contributed by atoms with Gasteiger partial charge >= 0.3 is 11.9 Å². The summed E-state index contributed by atoms with van der Waals surface area (Å²) >= 11 is 0. The summed E-state index contributed by atoms with van der Waals surface area (Å²) in [4.78, 5) is 38.5. The van der Waals surface area contributed by atoms with E-state index in [1.807, 2.05) is 0 Å². The minimum Gasteiger partial charge on any atom is -0.460 e. The molecule has 0 saturated heterocycles. The lowest BCUT2D eigenvalue weighted by Crippen LogP contribution is -2.14. The van der Waals surface area contributed by atoms with Crippen LogP contribution in [-0.4, -0.2) is 44.8 Å². The maximum Gasteiger partial charge on any atom is 0.378 e. The summed E-state index contributed by atoms with van der Waals surface area (Å²) in [7, 11) is 0. The van der Waals surface area contributed by atoms with E-state index in [0.29, 0.717) is 5.56 Å². The highest BCUT2D eigenvalue weighted by Crippen LogP contribution is 2.25. The minimum atomic E-state index is -0.860. The number of carbonyl (C=O) groups excluding carboxylic acids is 2. The van der Waals surface area contributed by atoms with Crippen molar-refractivity contribution >= 4 is 17.6 Å². The zero-order chi connectivity index (χ0) is 18.6. The zero-order valence-corrected chi connectivity index (χ0v) is 13.9. The number of aryl methyl sites for hydroxylation is 1. The maximum atomic E-state index is 12.1. The first-order valence-corrected chi connectivity index (χ1v) is 7.45. The number of carbonyl (C=O) groups is 2. The van der Waals surface area contributed by atoms with Gasteiger partial charge in [0, 0.05) is 6.07 Å². The van der Waals surface area contributed by atoms with E-state index in [9.17, 15) is 19.7 Å². The molecule has 25 heavy (non-hydrogen) atoms. The van der Waals surface area contributed by atoms with Gasteiger partial charge < -0.3 is 9.47 Å². The summed E-state index contributed by atoms with van der Waals surface area (Å²) in [6, 6.07) is 4.30. The van der Waals surface area contributed by atoms with Gasteiger partial charge in [0.1, 0.15) is 5.69 Å². The smallest absolute Gasteiger partial charge is 0.378 e. The molecule has 0 radical (unpaired) electrons. The van der Waals surface area contributed by atoms with Crippen LogP contribution in [-0.2, 0) is 9.47 Å². The fourth-order valence-corrected chi connectivity index (χ4v) is 2.05. The Hall–Kier alpha value is -3.30. The van der Waals surface area contributed by atoms with Crippen molar-refractivity contribution in [2.24, 2.45) is 0 Å². The molecule has 0 aliphatic heterocycles. The quantitative estimate of drug-likeness (QED) is 0.439. The van der Waals surface area contributed by atoms with E-state index in [2.05, 4.69) is 10.1 Å². The number of nitro benzene ring substituents is 1. The SMILES string of the molecule is CCOC(=O)c1nc(C(=O)OCC)n(-c2cc(C)ccc2[N+](=O)[O-])n1. The zero-order valence-electron chi connectivity index (χ0n) is 13.9. The highest BCUT2D eigenvalue weighted by Gasteiger charge is 2.27. The molecule has 0 N–H and O–H groups in total. The molecule has 2 aromatic rings. The predicted molar refractivity (Wildman–Crippen MR) is 84.7 cm³/mol. The van der Waals surface area contributed by atoms with E-state index in [1.165, 1.54) is 12.1 Å². The van der Waals surface area contributed by atoms with Crippen LogP contribution in [0.4, 0.5) is 5.69 Å². The lowest BCUT2D eigenvalue weighted by atomic mass is 10.2. The third-order valence-corrected chi connectivity index (χ3v) is 3.08. The van der Waals surface area contributed by atoms with Gasteiger partial charge in [0.25, 0.3) is 11.5 Å². The van der Waals surface area contributed by atoms with Crippen LogP contribution in [0.3, 0.4) is 0 Å². The topological polar surface area (TPSA) is 126 Å². The van der Waals surface area contributed by atoms with Crippen LogP contribution < -0.4 is 0 Å². The number of aromatic nitrogens is 3. The monoisotopic (exact) mass is 348 g/mol. The van der Waals surface area contributed by atoms with Crippen LogP contribution in [0.15, 0.2) is 18.2 Å². The number of benzene rings is 1. The molecule has 10 heteroatoms. The molecular formula is C15H16N4O6. The maximum absolute atomic E-state index is 12.1. The van der Waals surface area contributed by atoms with Crippen LogP contribution in [0.25, 0.3) is 5.69 Å². The second-order valence-corrected chi connectivity index (χ2v) is 4.86. The van der Waals surface area contributed by atoms with Gasteiger partial charge in [0.2, 0.25) is 5.82 Å². The van der Waals surface area contributed by atoms with Crippen LogP contribution >= 0.6 is 0 Å². The van der Waals surface area contributed by atoms with E-state index in [1.54, 1.807) is 26.8 Å². The number of hydrogen-bond acceptors (Lipinski definition) is 8. The van der Waals surface area contributed by atoms with Gasteiger partial charge in [-0.2, -0.15) is 9.67 Å². The first-order chi connectivity index (χ1) is 11.9. The van der Waals surface area contributed by atoms with Crippen LogP contribution in [0.5, 0.6) is 0 Å². The molecule has 1 aromatic carbocycles. The van der Waals surface area contributed by atoms with Crippen LogP contribution in [0.2, 0.25) is 0 Å². The van der Waals surface area contributed by atoms with Crippen molar-refractivity contribution in [2.45, 2.75) is 20.8 Å². The van der Waals surface area contributed by atoms with Crippen molar-refractivity contribution < 1.29 is 24.0 Å². The van der Waals surface area contributed by atoms with E-state index in [-0.39, 0.29) is 36.2 Å². The fraction of sp³-hybridized carbons (Fsp3) is 0.333. The van der Waals surface area contributed by atoms with Gasteiger partial charge in [0.05, 0.1) is 18.1 Å². The molecule has 0 aliphatic carbocycles. The van der Waals surface area contributed by atoms with E-state index in [0.717, 1.165) is 4.68 Å². The number of ether oxygens (including phenoxy) is 2. The van der Waals surface area contributed by atoms with E-state index < -0.39 is 16.9 Å². The lowest BCUT2D eigenvalue weighted by Gasteiger charge is -2.07. The summed E-state index contributed by atoms with van der Waals surface area (Å²) < 4.78 is 10.6. The third-order valence-electron chi connectivity index (χ3n) is 3.08. The van der Waals surface area contributed by atoms with Crippen molar-refractivity contribution in [2.75, 3.05) is 13.2 Å². The average Bonchev–Trinajstić information content (AvgIpc) is 3.00. The molecule has 10 nitrogen and oxygen atoms in total. The molecule has 0 unspecified atom stereocenters. The minimum absolute atomic E-state index is 0.00361. The Kier molecular flexibility index (Phi) is 5.42. The van der Waals surface area contributed by atoms with Crippen molar-refractivity contribution in [3.63, 3.8) is 0 Å². The summed E-state index contributed by atoms with van der Waals surface area (Å²) in [6.07, 6.45) is 0. The molecule has 0 saturated carbocycles. The average molecular weight is 348 g/mol. The van der Waals surface area contributed by atoms with Crippen molar-refractivity contribution in [1.29, 1.82) is 0 Å². The Balaban J connectivity index is 2.67. The van der Waals surface area contributed by atoms with E-state index in [4.69, 9.17) is 9.47 Å². The largest absolute Gasteiger partial charge is 0.460 e. The highest BCUT2D eigenvalue weighted by molar-refractivity contribution is 5.90. The number of nitro groups is 1.